The Morgan fingerprint density at radius 3 is 2.43 bits per heavy atom. The van der Waals surface area contributed by atoms with Crippen LogP contribution in [-0.2, 0) is 0 Å². The summed E-state index contributed by atoms with van der Waals surface area (Å²) in [4.78, 5) is 13.1. The molecular formula is C24H18BrNO2. The summed E-state index contributed by atoms with van der Waals surface area (Å²) < 4.78 is 3.04. The fourth-order valence-corrected chi connectivity index (χ4v) is 3.72. The monoisotopic (exact) mass is 431 g/mol. The zero-order valence-corrected chi connectivity index (χ0v) is 16.8. The maximum absolute atomic E-state index is 13.1. The van der Waals surface area contributed by atoms with Crippen molar-refractivity contribution in [3.63, 3.8) is 0 Å². The van der Waals surface area contributed by atoms with E-state index < -0.39 is 0 Å². The number of fused-ring (bicyclic) bond motifs is 1. The molecule has 4 aromatic rings. The molecule has 0 bridgehead atoms. The van der Waals surface area contributed by atoms with E-state index in [0.29, 0.717) is 5.56 Å². The van der Waals surface area contributed by atoms with Gasteiger partial charge in [0.25, 0.3) is 0 Å². The third kappa shape index (κ3) is 3.39. The summed E-state index contributed by atoms with van der Waals surface area (Å²) in [6.45, 7) is 1.94. The second kappa shape index (κ2) is 7.49. The van der Waals surface area contributed by atoms with Crippen LogP contribution in [0.5, 0.6) is 5.75 Å². The van der Waals surface area contributed by atoms with E-state index in [-0.39, 0.29) is 11.5 Å². The van der Waals surface area contributed by atoms with E-state index in [2.05, 4.69) is 20.5 Å². The first-order valence-corrected chi connectivity index (χ1v) is 9.71. The molecular weight excluding hydrogens is 414 g/mol. The highest BCUT2D eigenvalue weighted by molar-refractivity contribution is 9.10. The molecule has 0 saturated heterocycles. The highest BCUT2D eigenvalue weighted by Gasteiger charge is 2.19. The van der Waals surface area contributed by atoms with Gasteiger partial charge in [0.2, 0.25) is 0 Å². The quantitative estimate of drug-likeness (QED) is 0.304. The summed E-state index contributed by atoms with van der Waals surface area (Å²) in [6.07, 6.45) is 3.40. The van der Waals surface area contributed by atoms with E-state index in [1.54, 1.807) is 18.2 Å². The Balaban J connectivity index is 1.84. The van der Waals surface area contributed by atoms with E-state index >= 15 is 0 Å². The molecule has 0 fully saturated rings. The molecule has 3 nitrogen and oxygen atoms in total. The van der Waals surface area contributed by atoms with Gasteiger partial charge in [-0.25, -0.2) is 0 Å². The van der Waals surface area contributed by atoms with Crippen molar-refractivity contribution in [2.45, 2.75) is 6.92 Å². The summed E-state index contributed by atoms with van der Waals surface area (Å²) in [7, 11) is 0. The van der Waals surface area contributed by atoms with E-state index in [9.17, 15) is 9.90 Å². The van der Waals surface area contributed by atoms with Gasteiger partial charge in [-0.15, -0.1) is 0 Å². The molecule has 0 amide bonds. The first-order valence-electron chi connectivity index (χ1n) is 8.92. The Kier molecular flexibility index (Phi) is 4.88. The Morgan fingerprint density at radius 2 is 1.71 bits per heavy atom. The number of rotatable bonds is 4. The molecule has 1 N–H and O–H groups in total. The molecule has 28 heavy (non-hydrogen) atoms. The minimum Gasteiger partial charge on any atom is -0.508 e. The average molecular weight is 432 g/mol. The van der Waals surface area contributed by atoms with Crippen LogP contribution >= 0.6 is 15.9 Å². The van der Waals surface area contributed by atoms with Crippen molar-refractivity contribution in [3.8, 4) is 11.4 Å². The summed E-state index contributed by atoms with van der Waals surface area (Å²) >= 11 is 3.41. The Bertz CT molecular complexity index is 1190. The number of hydrogen-bond donors (Lipinski definition) is 1. The van der Waals surface area contributed by atoms with Crippen molar-refractivity contribution in [3.05, 3.63) is 100 Å². The molecule has 0 aliphatic heterocycles. The second-order valence-corrected chi connectivity index (χ2v) is 7.50. The van der Waals surface area contributed by atoms with Crippen LogP contribution in [0.1, 0.15) is 21.6 Å². The van der Waals surface area contributed by atoms with Gasteiger partial charge in [0.15, 0.2) is 5.78 Å². The third-order valence-electron chi connectivity index (χ3n) is 4.75. The Morgan fingerprint density at radius 1 is 1.00 bits per heavy atom. The van der Waals surface area contributed by atoms with Crippen LogP contribution in [0.3, 0.4) is 0 Å². The van der Waals surface area contributed by atoms with E-state index in [1.807, 2.05) is 73.7 Å². The van der Waals surface area contributed by atoms with Crippen molar-refractivity contribution in [1.82, 2.24) is 4.57 Å². The molecule has 138 valence electrons. The number of para-hydroxylation sites is 1. The smallest absolute Gasteiger partial charge is 0.188 e. The number of phenols is 1. The van der Waals surface area contributed by atoms with Gasteiger partial charge < -0.3 is 9.67 Å². The number of benzene rings is 3. The predicted molar refractivity (Wildman–Crippen MR) is 117 cm³/mol. The molecule has 4 rings (SSSR count). The molecule has 0 atom stereocenters. The molecule has 0 unspecified atom stereocenters. The lowest BCUT2D eigenvalue weighted by Crippen LogP contribution is -2.00. The molecule has 4 heteroatoms. The van der Waals surface area contributed by atoms with Crippen LogP contribution in [0.4, 0.5) is 0 Å². The van der Waals surface area contributed by atoms with Gasteiger partial charge in [0, 0.05) is 21.2 Å². The number of halogens is 1. The number of aromatic nitrogens is 1. The van der Waals surface area contributed by atoms with Gasteiger partial charge >= 0.3 is 0 Å². The van der Waals surface area contributed by atoms with E-state index in [1.165, 1.54) is 0 Å². The normalized spacial score (nSPS) is 11.4. The summed E-state index contributed by atoms with van der Waals surface area (Å²) in [5.74, 6) is 0.0503. The highest BCUT2D eigenvalue weighted by atomic mass is 79.9. The second-order valence-electron chi connectivity index (χ2n) is 6.58. The van der Waals surface area contributed by atoms with Crippen LogP contribution in [0.2, 0.25) is 0 Å². The number of phenolic OH excluding ortho intramolecular Hbond substituents is 1. The lowest BCUT2D eigenvalue weighted by atomic mass is 10.1. The average Bonchev–Trinajstić information content (AvgIpc) is 2.99. The van der Waals surface area contributed by atoms with Gasteiger partial charge in [-0.1, -0.05) is 52.3 Å². The Labute approximate surface area is 171 Å². The van der Waals surface area contributed by atoms with E-state index in [0.717, 1.165) is 32.3 Å². The van der Waals surface area contributed by atoms with Gasteiger partial charge in [0.1, 0.15) is 5.75 Å². The Hall–Kier alpha value is -3.11. The first-order chi connectivity index (χ1) is 13.5. The molecule has 0 spiro atoms. The zero-order valence-electron chi connectivity index (χ0n) is 15.3. The summed E-state index contributed by atoms with van der Waals surface area (Å²) in [6, 6.07) is 22.8. The van der Waals surface area contributed by atoms with Crippen LogP contribution in [-0.4, -0.2) is 15.5 Å². The molecule has 1 aromatic heterocycles. The number of carbonyl (C=O) groups is 1. The molecule has 0 aliphatic rings. The standard InChI is InChI=1S/C24H18BrNO2/c1-16-24(23(28)14-9-17-7-10-18(25)11-8-17)21-15-20(27)12-13-22(21)26(16)19-5-3-2-4-6-19/h2-15,27H,1H3/b14-9+. The molecule has 0 radical (unpaired) electrons. The minimum atomic E-state index is -0.0919. The van der Waals surface area contributed by atoms with Crippen molar-refractivity contribution in [2.75, 3.05) is 0 Å². The van der Waals surface area contributed by atoms with Crippen LogP contribution in [0, 0.1) is 6.92 Å². The number of carbonyl (C=O) groups excluding carboxylic acids is 1. The summed E-state index contributed by atoms with van der Waals surface area (Å²) in [5, 5.41) is 10.7. The van der Waals surface area contributed by atoms with Crippen molar-refractivity contribution >= 4 is 38.7 Å². The molecule has 0 saturated carbocycles. The lowest BCUT2D eigenvalue weighted by Gasteiger charge is -2.08. The van der Waals surface area contributed by atoms with Crippen molar-refractivity contribution < 1.29 is 9.90 Å². The third-order valence-corrected chi connectivity index (χ3v) is 5.27. The lowest BCUT2D eigenvalue weighted by molar-refractivity contribution is 0.104. The van der Waals surface area contributed by atoms with Crippen LogP contribution in [0.25, 0.3) is 22.7 Å². The molecule has 0 aliphatic carbocycles. The van der Waals surface area contributed by atoms with Gasteiger partial charge in [-0.2, -0.15) is 0 Å². The van der Waals surface area contributed by atoms with Crippen LogP contribution in [0.15, 0.2) is 83.3 Å². The van der Waals surface area contributed by atoms with E-state index in [4.69, 9.17) is 0 Å². The number of allylic oxidation sites excluding steroid dienone is 1. The fraction of sp³-hybridized carbons (Fsp3) is 0.0417. The van der Waals surface area contributed by atoms with Gasteiger partial charge in [0.05, 0.1) is 11.1 Å². The number of nitrogens with zero attached hydrogens (tertiary/aromatic N) is 1. The zero-order chi connectivity index (χ0) is 19.7. The first kappa shape index (κ1) is 18.3. The topological polar surface area (TPSA) is 42.2 Å². The highest BCUT2D eigenvalue weighted by Crippen LogP contribution is 2.32. The largest absolute Gasteiger partial charge is 0.508 e. The predicted octanol–water partition coefficient (Wildman–Crippen LogP) is 6.30. The van der Waals surface area contributed by atoms with Crippen molar-refractivity contribution in [2.24, 2.45) is 0 Å². The maximum atomic E-state index is 13.1. The molecule has 1 heterocycles. The fourth-order valence-electron chi connectivity index (χ4n) is 3.46. The molecule has 3 aromatic carbocycles. The summed E-state index contributed by atoms with van der Waals surface area (Å²) in [5.41, 5.74) is 4.26. The minimum absolute atomic E-state index is 0.0919. The number of aromatic hydroxyl groups is 1. The van der Waals surface area contributed by atoms with Gasteiger partial charge in [-0.05, 0) is 61.0 Å². The van der Waals surface area contributed by atoms with Crippen LogP contribution < -0.4 is 0 Å². The number of hydrogen-bond acceptors (Lipinski definition) is 2. The SMILES string of the molecule is Cc1c(C(=O)/C=C/c2ccc(Br)cc2)c2cc(O)ccc2n1-c1ccccc1. The van der Waals surface area contributed by atoms with Crippen molar-refractivity contribution in [1.29, 1.82) is 0 Å². The van der Waals surface area contributed by atoms with Gasteiger partial charge in [-0.3, -0.25) is 4.79 Å². The number of ketones is 1. The maximum Gasteiger partial charge on any atom is 0.188 e.